The van der Waals surface area contributed by atoms with Crippen molar-refractivity contribution in [3.05, 3.63) is 41.2 Å². The molecule has 0 unspecified atom stereocenters. The summed E-state index contributed by atoms with van der Waals surface area (Å²) in [7, 11) is 0. The molecular formula is C15H18FNO3. The zero-order valence-electron chi connectivity index (χ0n) is 11.8. The van der Waals surface area contributed by atoms with Crippen molar-refractivity contribution < 1.29 is 18.7 Å². The van der Waals surface area contributed by atoms with Gasteiger partial charge < -0.3 is 10.1 Å². The zero-order chi connectivity index (χ0) is 15.2. The third-order valence-electron chi connectivity index (χ3n) is 2.40. The van der Waals surface area contributed by atoms with E-state index in [1.54, 1.807) is 32.8 Å². The van der Waals surface area contributed by atoms with Gasteiger partial charge >= 0.3 is 6.09 Å². The average Bonchev–Trinajstić information content (AvgIpc) is 2.33. The molecule has 0 aliphatic carbocycles. The zero-order valence-corrected chi connectivity index (χ0v) is 11.8. The third-order valence-corrected chi connectivity index (χ3v) is 2.40. The second kappa shape index (κ2) is 6.87. The lowest BCUT2D eigenvalue weighted by molar-refractivity contribution is 0.0523. The molecule has 0 aromatic heterocycles. The molecule has 1 amide bonds. The first-order valence-electron chi connectivity index (χ1n) is 6.25. The van der Waals surface area contributed by atoms with Crippen LogP contribution < -0.4 is 5.32 Å². The van der Waals surface area contributed by atoms with Crippen LogP contribution in [0.1, 0.15) is 31.9 Å². The normalized spacial score (nSPS) is 10.6. The lowest BCUT2D eigenvalue weighted by Crippen LogP contribution is -2.32. The van der Waals surface area contributed by atoms with Crippen LogP contribution in [0.5, 0.6) is 0 Å². The molecule has 0 atom stereocenters. The van der Waals surface area contributed by atoms with Gasteiger partial charge in [0, 0.05) is 19.0 Å². The van der Waals surface area contributed by atoms with Crippen molar-refractivity contribution in [2.75, 3.05) is 0 Å². The number of halogens is 1. The van der Waals surface area contributed by atoms with Crippen molar-refractivity contribution in [2.24, 2.45) is 0 Å². The number of carbonyl (C=O) groups excluding carboxylic acids is 2. The number of hydrogen-bond acceptors (Lipinski definition) is 3. The molecule has 0 spiro atoms. The SMILES string of the molecule is CC(C)(C)OC(=O)NCc1ccc(F)cc1CC=C=O. The molecule has 1 aromatic rings. The van der Waals surface area contributed by atoms with E-state index >= 15 is 0 Å². The molecule has 1 rings (SSSR count). The standard InChI is InChI=1S/C15H18FNO3/c1-15(2,3)20-14(19)17-10-12-6-7-13(16)9-11(12)5-4-8-18/h4,6-7,9H,5,10H2,1-3H3,(H,17,19). The second-order valence-electron chi connectivity index (χ2n) is 5.29. The van der Waals surface area contributed by atoms with E-state index in [-0.39, 0.29) is 18.8 Å². The summed E-state index contributed by atoms with van der Waals surface area (Å²) in [6.45, 7) is 5.51. The summed E-state index contributed by atoms with van der Waals surface area (Å²) in [5.74, 6) is 1.26. The van der Waals surface area contributed by atoms with E-state index in [9.17, 15) is 14.0 Å². The monoisotopic (exact) mass is 279 g/mol. The summed E-state index contributed by atoms with van der Waals surface area (Å²) in [5.41, 5.74) is 0.781. The van der Waals surface area contributed by atoms with Crippen molar-refractivity contribution in [3.63, 3.8) is 0 Å². The highest BCUT2D eigenvalue weighted by atomic mass is 19.1. The highest BCUT2D eigenvalue weighted by Gasteiger charge is 2.16. The van der Waals surface area contributed by atoms with Gasteiger partial charge in [0.1, 0.15) is 17.4 Å². The van der Waals surface area contributed by atoms with Crippen LogP contribution in [-0.2, 0) is 22.5 Å². The predicted octanol–water partition coefficient (Wildman–Crippen LogP) is 2.78. The molecule has 0 aliphatic heterocycles. The van der Waals surface area contributed by atoms with Crippen LogP contribution in [0.4, 0.5) is 9.18 Å². The molecule has 108 valence electrons. The van der Waals surface area contributed by atoms with Gasteiger partial charge in [-0.25, -0.2) is 14.0 Å². The minimum absolute atomic E-state index is 0.206. The lowest BCUT2D eigenvalue weighted by Gasteiger charge is -2.20. The topological polar surface area (TPSA) is 55.4 Å². The Balaban J connectivity index is 2.72. The van der Waals surface area contributed by atoms with Gasteiger partial charge in [0.2, 0.25) is 0 Å². The van der Waals surface area contributed by atoms with Gasteiger partial charge in [-0.15, -0.1) is 0 Å². The highest BCUT2D eigenvalue weighted by molar-refractivity contribution is 5.67. The molecular weight excluding hydrogens is 261 g/mol. The molecule has 0 heterocycles. The first-order valence-corrected chi connectivity index (χ1v) is 6.25. The van der Waals surface area contributed by atoms with Crippen molar-refractivity contribution >= 4 is 12.0 Å². The Bertz CT molecular complexity index is 528. The van der Waals surface area contributed by atoms with Gasteiger partial charge in [-0.05, 0) is 44.0 Å². The molecule has 0 fully saturated rings. The lowest BCUT2D eigenvalue weighted by atomic mass is 10.0. The molecule has 0 saturated heterocycles. The fourth-order valence-electron chi connectivity index (χ4n) is 1.59. The Hall–Kier alpha value is -2.13. The Morgan fingerprint density at radius 1 is 1.40 bits per heavy atom. The van der Waals surface area contributed by atoms with Gasteiger partial charge in [0.25, 0.3) is 0 Å². The van der Waals surface area contributed by atoms with Gasteiger partial charge in [-0.3, -0.25) is 0 Å². The fourth-order valence-corrected chi connectivity index (χ4v) is 1.59. The molecule has 1 N–H and O–H groups in total. The van der Waals surface area contributed by atoms with E-state index in [0.717, 1.165) is 5.56 Å². The predicted molar refractivity (Wildman–Crippen MR) is 73.4 cm³/mol. The fraction of sp³-hybridized carbons (Fsp3) is 0.400. The number of alkyl carbamates (subject to hydrolysis) is 1. The minimum atomic E-state index is -0.573. The Kier molecular flexibility index (Phi) is 5.47. The van der Waals surface area contributed by atoms with Crippen LogP contribution >= 0.6 is 0 Å². The Labute approximate surface area is 117 Å². The maximum absolute atomic E-state index is 13.2. The number of nitrogens with one attached hydrogen (secondary N) is 1. The minimum Gasteiger partial charge on any atom is -0.444 e. The van der Waals surface area contributed by atoms with Crippen molar-refractivity contribution in [2.45, 2.75) is 39.3 Å². The highest BCUT2D eigenvalue weighted by Crippen LogP contribution is 2.13. The summed E-state index contributed by atoms with van der Waals surface area (Å²) >= 11 is 0. The summed E-state index contributed by atoms with van der Waals surface area (Å²) in [6, 6.07) is 4.21. The number of ether oxygens (including phenoxy) is 1. The average molecular weight is 279 g/mol. The smallest absolute Gasteiger partial charge is 0.407 e. The van der Waals surface area contributed by atoms with Crippen LogP contribution in [0.15, 0.2) is 24.3 Å². The molecule has 1 aromatic carbocycles. The van der Waals surface area contributed by atoms with Crippen LogP contribution in [0.3, 0.4) is 0 Å². The second-order valence-corrected chi connectivity index (χ2v) is 5.29. The Morgan fingerprint density at radius 3 is 2.70 bits per heavy atom. The molecule has 5 heteroatoms. The number of rotatable bonds is 4. The van der Waals surface area contributed by atoms with Crippen molar-refractivity contribution in [1.29, 1.82) is 0 Å². The number of amides is 1. The molecule has 0 aliphatic rings. The largest absolute Gasteiger partial charge is 0.444 e. The number of benzene rings is 1. The van der Waals surface area contributed by atoms with E-state index in [0.29, 0.717) is 5.56 Å². The molecule has 20 heavy (non-hydrogen) atoms. The number of hydrogen-bond donors (Lipinski definition) is 1. The number of allylic oxidation sites excluding steroid dienone is 1. The molecule has 4 nitrogen and oxygen atoms in total. The molecule has 0 bridgehead atoms. The maximum Gasteiger partial charge on any atom is 0.407 e. The van der Waals surface area contributed by atoms with Gasteiger partial charge in [-0.2, -0.15) is 0 Å². The number of carbonyl (C=O) groups is 1. The first kappa shape index (κ1) is 15.9. The van der Waals surface area contributed by atoms with E-state index < -0.39 is 11.7 Å². The molecule has 0 saturated carbocycles. The van der Waals surface area contributed by atoms with E-state index in [4.69, 9.17) is 4.74 Å². The van der Waals surface area contributed by atoms with Gasteiger partial charge in [0.15, 0.2) is 0 Å². The van der Waals surface area contributed by atoms with Gasteiger partial charge in [-0.1, -0.05) is 6.07 Å². The van der Waals surface area contributed by atoms with E-state index in [1.807, 2.05) is 0 Å². The van der Waals surface area contributed by atoms with Crippen LogP contribution in [0, 0.1) is 5.82 Å². The van der Waals surface area contributed by atoms with Crippen LogP contribution in [-0.4, -0.2) is 17.6 Å². The first-order chi connectivity index (χ1) is 9.31. The summed E-state index contributed by atoms with van der Waals surface area (Å²) in [5, 5.41) is 2.60. The van der Waals surface area contributed by atoms with Gasteiger partial charge in [0.05, 0.1) is 0 Å². The Morgan fingerprint density at radius 2 is 2.10 bits per heavy atom. The summed E-state index contributed by atoms with van der Waals surface area (Å²) in [6.07, 6.45) is 0.997. The quantitative estimate of drug-likeness (QED) is 0.862. The van der Waals surface area contributed by atoms with E-state index in [1.165, 1.54) is 18.2 Å². The third kappa shape index (κ3) is 5.67. The summed E-state index contributed by atoms with van der Waals surface area (Å²) in [4.78, 5) is 21.8. The summed E-state index contributed by atoms with van der Waals surface area (Å²) < 4.78 is 18.3. The molecule has 0 radical (unpaired) electrons. The van der Waals surface area contributed by atoms with Crippen molar-refractivity contribution in [3.8, 4) is 0 Å². The van der Waals surface area contributed by atoms with Crippen LogP contribution in [0.25, 0.3) is 0 Å². The van der Waals surface area contributed by atoms with Crippen LogP contribution in [0.2, 0.25) is 0 Å². The van der Waals surface area contributed by atoms with Crippen molar-refractivity contribution in [1.82, 2.24) is 5.32 Å². The maximum atomic E-state index is 13.2. The van der Waals surface area contributed by atoms with E-state index in [2.05, 4.69) is 5.32 Å².